The lowest BCUT2D eigenvalue weighted by molar-refractivity contribution is -0.137. The number of aryl methyl sites for hydroxylation is 1. The Morgan fingerprint density at radius 1 is 0.365 bits per heavy atom. The van der Waals surface area contributed by atoms with Crippen LogP contribution >= 0.6 is 0 Å². The second kappa shape index (κ2) is 15.2. The molecule has 5 heteroatoms. The molecule has 10 aromatic carbocycles. The van der Waals surface area contributed by atoms with E-state index in [1.807, 2.05) is 48.2 Å². The van der Waals surface area contributed by atoms with Crippen molar-refractivity contribution in [2.75, 3.05) is 4.90 Å². The molecule has 1 aromatic heterocycles. The predicted octanol–water partition coefficient (Wildman–Crippen LogP) is 16.9. The number of alkyl halides is 3. The Hall–Kier alpha value is -7.89. The van der Waals surface area contributed by atoms with Gasteiger partial charge in [0.15, 0.2) is 0 Å². The summed E-state index contributed by atoms with van der Waals surface area (Å²) < 4.78 is 42.8. The van der Waals surface area contributed by atoms with Crippen LogP contribution in [0.2, 0.25) is 0 Å². The number of aromatic nitrogens is 1. The average molecular weight is 821 g/mol. The summed E-state index contributed by atoms with van der Waals surface area (Å²) in [4.78, 5) is 1.98. The van der Waals surface area contributed by atoms with Crippen LogP contribution in [0.15, 0.2) is 218 Å². The molecule has 0 bridgehead atoms. The molecular formula is C58H39F3N2. The van der Waals surface area contributed by atoms with Crippen molar-refractivity contribution in [3.05, 3.63) is 230 Å². The van der Waals surface area contributed by atoms with Gasteiger partial charge in [0.2, 0.25) is 0 Å². The van der Waals surface area contributed by atoms with Crippen LogP contribution in [-0.4, -0.2) is 4.57 Å². The Bertz CT molecular complexity index is 3400. The maximum atomic E-state index is 13.5. The molecule has 0 saturated heterocycles. The number of anilines is 3. The first-order valence-corrected chi connectivity index (χ1v) is 21.1. The van der Waals surface area contributed by atoms with Gasteiger partial charge in [-0.2, -0.15) is 13.2 Å². The van der Waals surface area contributed by atoms with Crippen molar-refractivity contribution < 1.29 is 13.2 Å². The van der Waals surface area contributed by atoms with E-state index in [1.165, 1.54) is 50.4 Å². The molecule has 0 spiro atoms. The van der Waals surface area contributed by atoms with Crippen molar-refractivity contribution in [2.45, 2.75) is 13.1 Å². The van der Waals surface area contributed by atoms with Gasteiger partial charge in [0, 0.05) is 33.5 Å². The Balaban J connectivity index is 0.972. The van der Waals surface area contributed by atoms with Crippen LogP contribution in [-0.2, 0) is 6.18 Å². The molecule has 1 heterocycles. The number of hydrogen-bond donors (Lipinski definition) is 0. The van der Waals surface area contributed by atoms with Gasteiger partial charge in [0.25, 0.3) is 0 Å². The first-order valence-electron chi connectivity index (χ1n) is 21.1. The number of benzene rings is 10. The minimum Gasteiger partial charge on any atom is -0.311 e. The average Bonchev–Trinajstić information content (AvgIpc) is 3.65. The first kappa shape index (κ1) is 38.1. The van der Waals surface area contributed by atoms with Crippen molar-refractivity contribution >= 4 is 60.4 Å². The lowest BCUT2D eigenvalue weighted by Crippen LogP contribution is -2.11. The van der Waals surface area contributed by atoms with Crippen molar-refractivity contribution in [2.24, 2.45) is 0 Å². The molecule has 0 radical (unpaired) electrons. The molecule has 11 aromatic rings. The summed E-state index contributed by atoms with van der Waals surface area (Å²) in [6.07, 6.45) is -4.41. The molecule has 11 rings (SSSR count). The van der Waals surface area contributed by atoms with Crippen LogP contribution in [0.3, 0.4) is 0 Å². The monoisotopic (exact) mass is 820 g/mol. The fourth-order valence-corrected chi connectivity index (χ4v) is 9.31. The summed E-state index contributed by atoms with van der Waals surface area (Å²) in [6, 6.07) is 73.9. The first-order chi connectivity index (χ1) is 30.8. The lowest BCUT2D eigenvalue weighted by atomic mass is 9.86. The van der Waals surface area contributed by atoms with Gasteiger partial charge in [-0.25, -0.2) is 0 Å². The molecule has 0 aliphatic heterocycles. The van der Waals surface area contributed by atoms with Crippen LogP contribution in [0, 0.1) is 6.92 Å². The van der Waals surface area contributed by atoms with E-state index in [0.717, 1.165) is 73.3 Å². The van der Waals surface area contributed by atoms with Crippen LogP contribution in [0.4, 0.5) is 30.2 Å². The lowest BCUT2D eigenvalue weighted by Gasteiger charge is -2.26. The molecule has 2 nitrogen and oxygen atoms in total. The molecule has 0 amide bonds. The summed E-state index contributed by atoms with van der Waals surface area (Å²) in [7, 11) is 0. The predicted molar refractivity (Wildman–Crippen MR) is 257 cm³/mol. The zero-order valence-electron chi connectivity index (χ0n) is 34.3. The molecule has 0 atom stereocenters. The van der Waals surface area contributed by atoms with Gasteiger partial charge in [-0.15, -0.1) is 0 Å². The normalized spacial score (nSPS) is 11.8. The molecule has 0 aliphatic rings. The number of hydrogen-bond acceptors (Lipinski definition) is 1. The highest BCUT2D eigenvalue weighted by Gasteiger charge is 2.30. The minimum atomic E-state index is -4.41. The standard InChI is InChI=1S/C58H39F3N2/c1-38-19-28-44(29-20-38)62(46-34-26-43(27-35-46)58(59,60)61)45-30-21-39(22-31-45)42-25-36-55-53(37-42)48-13-9-10-18-54(48)63(55)47-32-23-41(24-33-47)57-51-16-7-5-14-49(51)56(40-11-3-2-4-12-40)50-15-6-8-17-52(50)57/h2-37H,1H3. The topological polar surface area (TPSA) is 8.17 Å². The second-order valence-corrected chi connectivity index (χ2v) is 16.1. The van der Waals surface area contributed by atoms with Gasteiger partial charge in [0.05, 0.1) is 16.6 Å². The quantitative estimate of drug-likeness (QED) is 0.145. The summed E-state index contributed by atoms with van der Waals surface area (Å²) in [5.41, 5.74) is 13.1. The Morgan fingerprint density at radius 3 is 1.35 bits per heavy atom. The van der Waals surface area contributed by atoms with E-state index in [1.54, 1.807) is 0 Å². The third-order valence-electron chi connectivity index (χ3n) is 12.3. The number of fused-ring (bicyclic) bond motifs is 5. The van der Waals surface area contributed by atoms with Gasteiger partial charge in [-0.05, 0) is 141 Å². The van der Waals surface area contributed by atoms with Crippen molar-refractivity contribution in [3.8, 4) is 39.1 Å². The van der Waals surface area contributed by atoms with Crippen LogP contribution in [0.25, 0.3) is 82.4 Å². The van der Waals surface area contributed by atoms with Crippen LogP contribution < -0.4 is 4.90 Å². The summed E-state index contributed by atoms with van der Waals surface area (Å²) in [5, 5.41) is 7.23. The summed E-state index contributed by atoms with van der Waals surface area (Å²) in [5.74, 6) is 0. The van der Waals surface area contributed by atoms with Gasteiger partial charge in [-0.1, -0.05) is 145 Å². The smallest absolute Gasteiger partial charge is 0.311 e. The highest BCUT2D eigenvalue weighted by molar-refractivity contribution is 6.21. The third kappa shape index (κ3) is 6.70. The fourth-order valence-electron chi connectivity index (χ4n) is 9.31. The summed E-state index contributed by atoms with van der Waals surface area (Å²) >= 11 is 0. The minimum absolute atomic E-state index is 0.643. The molecular weight excluding hydrogens is 782 g/mol. The van der Waals surface area contributed by atoms with Crippen molar-refractivity contribution in [1.82, 2.24) is 4.57 Å². The van der Waals surface area contributed by atoms with Gasteiger partial charge < -0.3 is 9.47 Å². The number of halogens is 3. The maximum absolute atomic E-state index is 13.5. The van der Waals surface area contributed by atoms with Crippen LogP contribution in [0.1, 0.15) is 11.1 Å². The summed E-state index contributed by atoms with van der Waals surface area (Å²) in [6.45, 7) is 2.01. The zero-order chi connectivity index (χ0) is 42.7. The van der Waals surface area contributed by atoms with Crippen molar-refractivity contribution in [3.63, 3.8) is 0 Å². The number of nitrogens with zero attached hydrogens (tertiary/aromatic N) is 2. The van der Waals surface area contributed by atoms with E-state index in [-0.39, 0.29) is 0 Å². The zero-order valence-corrected chi connectivity index (χ0v) is 34.3. The molecule has 0 N–H and O–H groups in total. The SMILES string of the molecule is Cc1ccc(N(c2ccc(-c3ccc4c(c3)c3ccccc3n4-c3ccc(-c4c5ccccc5c(-c5ccccc5)c5ccccc45)cc3)cc2)c2ccc(C(F)(F)F)cc2)cc1. The maximum Gasteiger partial charge on any atom is 0.416 e. The fraction of sp³-hybridized carbons (Fsp3) is 0.0345. The largest absolute Gasteiger partial charge is 0.416 e. The Morgan fingerprint density at radius 2 is 0.794 bits per heavy atom. The third-order valence-corrected chi connectivity index (χ3v) is 12.3. The molecule has 0 unspecified atom stereocenters. The van der Waals surface area contributed by atoms with E-state index in [9.17, 15) is 13.2 Å². The highest BCUT2D eigenvalue weighted by atomic mass is 19.4. The van der Waals surface area contributed by atoms with E-state index in [0.29, 0.717) is 5.69 Å². The number of para-hydroxylation sites is 1. The number of rotatable bonds is 7. The van der Waals surface area contributed by atoms with Gasteiger partial charge >= 0.3 is 6.18 Å². The molecule has 0 aliphatic carbocycles. The van der Waals surface area contributed by atoms with Gasteiger partial charge in [-0.3, -0.25) is 0 Å². The van der Waals surface area contributed by atoms with Crippen LogP contribution in [0.5, 0.6) is 0 Å². The van der Waals surface area contributed by atoms with E-state index in [2.05, 4.69) is 162 Å². The second-order valence-electron chi connectivity index (χ2n) is 16.1. The molecule has 0 fully saturated rings. The van der Waals surface area contributed by atoms with E-state index >= 15 is 0 Å². The Kier molecular flexibility index (Phi) is 9.20. The van der Waals surface area contributed by atoms with Gasteiger partial charge in [0.1, 0.15) is 0 Å². The van der Waals surface area contributed by atoms with E-state index in [4.69, 9.17) is 0 Å². The molecule has 0 saturated carbocycles. The van der Waals surface area contributed by atoms with Crippen molar-refractivity contribution in [1.29, 1.82) is 0 Å². The highest BCUT2D eigenvalue weighted by Crippen LogP contribution is 2.45. The Labute approximate surface area is 363 Å². The molecule has 63 heavy (non-hydrogen) atoms. The molecule has 302 valence electrons. The van der Waals surface area contributed by atoms with E-state index < -0.39 is 11.7 Å².